The molecule has 0 bridgehead atoms. The highest BCUT2D eigenvalue weighted by Crippen LogP contribution is 2.09. The molecule has 0 heterocycles. The lowest BCUT2D eigenvalue weighted by molar-refractivity contribution is -0.142. The normalized spacial score (nSPS) is 14.2. The zero-order valence-electron chi connectivity index (χ0n) is 20.7. The Labute approximate surface area is 209 Å². The number of nitrogens with two attached hydrogens (primary N) is 2. The molecule has 0 aromatic heterocycles. The highest BCUT2D eigenvalue weighted by molar-refractivity contribution is 5.94. The van der Waals surface area contributed by atoms with E-state index in [1.165, 1.54) is 0 Å². The van der Waals surface area contributed by atoms with E-state index in [9.17, 15) is 33.9 Å². The molecule has 36 heavy (non-hydrogen) atoms. The Balaban J connectivity index is 5.51. The van der Waals surface area contributed by atoms with Gasteiger partial charge in [0.15, 0.2) is 0 Å². The predicted octanol–water partition coefficient (Wildman–Crippen LogP) is -1.24. The fourth-order valence-electron chi connectivity index (χ4n) is 3.22. The number of hydrogen-bond donors (Lipinski definition) is 8. The standard InChI is InChI=1S/C22H39N5O9/c1-12(2)11-16(21(34)26-15(22(35)36)5-3-4-10-23)27-20(33)14(7-9-18(30)31)25-19(32)13(24)6-8-17(28)29/h12-16H,3-11,23-24H2,1-2H3,(H,25,32)(H,26,34)(H,27,33)(H,28,29)(H,30,31)(H,35,36)/t13-,14+,15+,16+/m1/s1. The van der Waals surface area contributed by atoms with Crippen molar-refractivity contribution in [2.75, 3.05) is 6.54 Å². The van der Waals surface area contributed by atoms with Crippen molar-refractivity contribution in [1.29, 1.82) is 0 Å². The van der Waals surface area contributed by atoms with E-state index in [2.05, 4.69) is 16.0 Å². The molecule has 0 saturated carbocycles. The lowest BCUT2D eigenvalue weighted by Gasteiger charge is -2.26. The van der Waals surface area contributed by atoms with E-state index in [0.29, 0.717) is 19.4 Å². The highest BCUT2D eigenvalue weighted by Gasteiger charge is 2.31. The summed E-state index contributed by atoms with van der Waals surface area (Å²) in [6, 6.07) is -4.96. The monoisotopic (exact) mass is 517 g/mol. The molecule has 10 N–H and O–H groups in total. The first-order valence-electron chi connectivity index (χ1n) is 11.8. The Kier molecular flexibility index (Phi) is 15.7. The summed E-state index contributed by atoms with van der Waals surface area (Å²) in [6.07, 6.45) is -0.0411. The molecule has 0 rings (SSSR count). The van der Waals surface area contributed by atoms with Gasteiger partial charge in [0, 0.05) is 12.8 Å². The molecule has 0 aliphatic heterocycles. The maximum absolute atomic E-state index is 12.9. The Morgan fingerprint density at radius 2 is 1.19 bits per heavy atom. The van der Waals surface area contributed by atoms with Gasteiger partial charge in [0.05, 0.1) is 6.04 Å². The fourth-order valence-corrected chi connectivity index (χ4v) is 3.22. The van der Waals surface area contributed by atoms with Gasteiger partial charge in [-0.2, -0.15) is 0 Å². The lowest BCUT2D eigenvalue weighted by Crippen LogP contribution is -2.57. The molecule has 0 aromatic rings. The molecule has 0 aliphatic carbocycles. The number of carbonyl (C=O) groups is 6. The molecule has 3 amide bonds. The Morgan fingerprint density at radius 1 is 0.694 bits per heavy atom. The summed E-state index contributed by atoms with van der Waals surface area (Å²) in [7, 11) is 0. The number of unbranched alkanes of at least 4 members (excludes halogenated alkanes) is 1. The number of hydrogen-bond acceptors (Lipinski definition) is 8. The van der Waals surface area contributed by atoms with Crippen LogP contribution in [0.25, 0.3) is 0 Å². The number of carboxylic acid groups (broad SMARTS) is 3. The first kappa shape index (κ1) is 32.7. The lowest BCUT2D eigenvalue weighted by atomic mass is 10.0. The van der Waals surface area contributed by atoms with Gasteiger partial charge in [0.2, 0.25) is 17.7 Å². The average molecular weight is 518 g/mol. The second-order valence-electron chi connectivity index (χ2n) is 8.91. The predicted molar refractivity (Wildman–Crippen MR) is 128 cm³/mol. The summed E-state index contributed by atoms with van der Waals surface area (Å²) >= 11 is 0. The number of carbonyl (C=O) groups excluding carboxylic acids is 3. The molecule has 0 saturated heterocycles. The van der Waals surface area contributed by atoms with Crippen LogP contribution in [0.5, 0.6) is 0 Å². The molecule has 206 valence electrons. The van der Waals surface area contributed by atoms with E-state index < -0.39 is 66.2 Å². The Hall–Kier alpha value is -3.26. The summed E-state index contributed by atoms with van der Waals surface area (Å²) in [5.41, 5.74) is 11.1. The van der Waals surface area contributed by atoms with Crippen molar-refractivity contribution < 1.29 is 44.1 Å². The summed E-state index contributed by atoms with van der Waals surface area (Å²) in [5, 5.41) is 34.4. The first-order chi connectivity index (χ1) is 16.8. The number of nitrogens with one attached hydrogen (secondary N) is 3. The number of rotatable bonds is 19. The minimum atomic E-state index is -1.37. The topological polar surface area (TPSA) is 251 Å². The van der Waals surface area contributed by atoms with Crippen molar-refractivity contribution in [3.63, 3.8) is 0 Å². The third-order valence-corrected chi connectivity index (χ3v) is 5.19. The van der Waals surface area contributed by atoms with Gasteiger partial charge in [-0.25, -0.2) is 4.79 Å². The van der Waals surface area contributed by atoms with E-state index in [1.54, 1.807) is 13.8 Å². The third-order valence-electron chi connectivity index (χ3n) is 5.19. The zero-order valence-corrected chi connectivity index (χ0v) is 20.7. The van der Waals surface area contributed by atoms with Crippen LogP contribution in [0.15, 0.2) is 0 Å². The molecule has 0 radical (unpaired) electrons. The summed E-state index contributed by atoms with van der Waals surface area (Å²) in [5.74, 6) is -6.16. The molecule has 0 unspecified atom stereocenters. The van der Waals surface area contributed by atoms with Gasteiger partial charge in [-0.15, -0.1) is 0 Å². The zero-order chi connectivity index (χ0) is 27.8. The van der Waals surface area contributed by atoms with Crippen LogP contribution in [0.3, 0.4) is 0 Å². The van der Waals surface area contributed by atoms with Crippen LogP contribution in [-0.2, 0) is 28.8 Å². The van der Waals surface area contributed by atoms with Gasteiger partial charge in [-0.1, -0.05) is 13.8 Å². The molecule has 0 aliphatic rings. The van der Waals surface area contributed by atoms with Crippen LogP contribution in [-0.4, -0.2) is 81.7 Å². The first-order valence-corrected chi connectivity index (χ1v) is 11.8. The molecule has 4 atom stereocenters. The van der Waals surface area contributed by atoms with E-state index in [1.807, 2.05) is 0 Å². The second-order valence-corrected chi connectivity index (χ2v) is 8.91. The molecule has 0 spiro atoms. The minimum absolute atomic E-state index is 0.0851. The quantitative estimate of drug-likeness (QED) is 0.0940. The van der Waals surface area contributed by atoms with Crippen LogP contribution in [0, 0.1) is 5.92 Å². The van der Waals surface area contributed by atoms with Gasteiger partial charge in [0.25, 0.3) is 0 Å². The van der Waals surface area contributed by atoms with Gasteiger partial charge < -0.3 is 42.7 Å². The summed E-state index contributed by atoms with van der Waals surface area (Å²) < 4.78 is 0. The van der Waals surface area contributed by atoms with Crippen molar-refractivity contribution in [2.45, 2.75) is 89.4 Å². The van der Waals surface area contributed by atoms with Gasteiger partial charge in [-0.05, 0) is 51.0 Å². The number of aliphatic carboxylic acids is 3. The molecule has 0 aromatic carbocycles. The summed E-state index contributed by atoms with van der Waals surface area (Å²) in [6.45, 7) is 3.94. The molecule has 14 heteroatoms. The van der Waals surface area contributed by atoms with Crippen molar-refractivity contribution in [2.24, 2.45) is 17.4 Å². The van der Waals surface area contributed by atoms with Crippen LogP contribution >= 0.6 is 0 Å². The molecular formula is C22H39N5O9. The van der Waals surface area contributed by atoms with Crippen molar-refractivity contribution in [3.8, 4) is 0 Å². The van der Waals surface area contributed by atoms with Crippen LogP contribution in [0.2, 0.25) is 0 Å². The molecular weight excluding hydrogens is 478 g/mol. The minimum Gasteiger partial charge on any atom is -0.481 e. The smallest absolute Gasteiger partial charge is 0.326 e. The van der Waals surface area contributed by atoms with Crippen molar-refractivity contribution in [1.82, 2.24) is 16.0 Å². The largest absolute Gasteiger partial charge is 0.481 e. The van der Waals surface area contributed by atoms with E-state index in [4.69, 9.17) is 21.7 Å². The van der Waals surface area contributed by atoms with Crippen molar-refractivity contribution in [3.05, 3.63) is 0 Å². The number of carboxylic acids is 3. The fraction of sp³-hybridized carbons (Fsp3) is 0.727. The third kappa shape index (κ3) is 14.2. The average Bonchev–Trinajstić information content (AvgIpc) is 2.78. The van der Waals surface area contributed by atoms with E-state index >= 15 is 0 Å². The SMILES string of the molecule is CC(C)C[C@H](NC(=O)[C@H](CCC(=O)O)NC(=O)[C@H](N)CCC(=O)O)C(=O)N[C@@H](CCCCN)C(=O)O. The number of amides is 3. The second kappa shape index (κ2) is 17.2. The van der Waals surface area contributed by atoms with E-state index in [0.717, 1.165) is 0 Å². The maximum Gasteiger partial charge on any atom is 0.326 e. The maximum atomic E-state index is 12.9. The van der Waals surface area contributed by atoms with E-state index in [-0.39, 0.29) is 38.0 Å². The highest BCUT2D eigenvalue weighted by atomic mass is 16.4. The van der Waals surface area contributed by atoms with Crippen LogP contribution in [0.4, 0.5) is 0 Å². The van der Waals surface area contributed by atoms with Crippen LogP contribution in [0.1, 0.15) is 65.2 Å². The molecule has 0 fully saturated rings. The molecule has 14 nitrogen and oxygen atoms in total. The van der Waals surface area contributed by atoms with Gasteiger partial charge in [-0.3, -0.25) is 24.0 Å². The van der Waals surface area contributed by atoms with Crippen molar-refractivity contribution >= 4 is 35.6 Å². The van der Waals surface area contributed by atoms with Gasteiger partial charge in [0.1, 0.15) is 18.1 Å². The van der Waals surface area contributed by atoms with Gasteiger partial charge >= 0.3 is 17.9 Å². The summed E-state index contributed by atoms with van der Waals surface area (Å²) in [4.78, 5) is 71.4. The van der Waals surface area contributed by atoms with Crippen LogP contribution < -0.4 is 27.4 Å². The Morgan fingerprint density at radius 3 is 1.69 bits per heavy atom. The Bertz CT molecular complexity index is 775.